The molecule has 206 valence electrons. The van der Waals surface area contributed by atoms with Crippen molar-refractivity contribution in [3.05, 3.63) is 41.7 Å². The Balaban J connectivity index is 1.47. The largest absolute Gasteiger partial charge is 0.481 e. The quantitative estimate of drug-likeness (QED) is 0.399. The molecule has 1 fully saturated rings. The second kappa shape index (κ2) is 10.7. The summed E-state index contributed by atoms with van der Waals surface area (Å²) in [5.74, 6) is -1.60. The third kappa shape index (κ3) is 6.69. The summed E-state index contributed by atoms with van der Waals surface area (Å²) in [6.45, 7) is -0.350. The lowest BCUT2D eigenvalue weighted by molar-refractivity contribution is -0.160. The zero-order chi connectivity index (χ0) is 27.7. The molecular formula is C23H23F6N5O4. The van der Waals surface area contributed by atoms with Crippen LogP contribution in [0.1, 0.15) is 36.6 Å². The van der Waals surface area contributed by atoms with Crippen molar-refractivity contribution < 1.29 is 45.9 Å². The van der Waals surface area contributed by atoms with E-state index in [-0.39, 0.29) is 22.8 Å². The molecule has 1 aliphatic rings. The zero-order valence-electron chi connectivity index (χ0n) is 19.7. The average molecular weight is 547 g/mol. The lowest BCUT2D eigenvalue weighted by Crippen LogP contribution is -2.38. The van der Waals surface area contributed by atoms with E-state index in [2.05, 4.69) is 15.2 Å². The fourth-order valence-corrected chi connectivity index (χ4v) is 4.52. The number of β-amino-alcohol motifs (C(OH)–C–C–N with tert-alkyl or cyclic N) is 1. The maximum absolute atomic E-state index is 13.5. The minimum absolute atomic E-state index is 0.0155. The van der Waals surface area contributed by atoms with Crippen molar-refractivity contribution >= 4 is 5.97 Å². The van der Waals surface area contributed by atoms with Crippen molar-refractivity contribution in [3.8, 4) is 22.8 Å². The van der Waals surface area contributed by atoms with E-state index in [1.165, 1.54) is 12.1 Å². The molecule has 0 amide bonds. The molecule has 3 aromatic rings. The zero-order valence-corrected chi connectivity index (χ0v) is 19.7. The highest BCUT2D eigenvalue weighted by molar-refractivity contribution is 5.67. The third-order valence-electron chi connectivity index (χ3n) is 6.14. The number of aliphatic hydroxyl groups is 1. The Bertz CT molecular complexity index is 1250. The van der Waals surface area contributed by atoms with Gasteiger partial charge in [0.25, 0.3) is 5.89 Å². The number of piperidine rings is 1. The van der Waals surface area contributed by atoms with Crippen molar-refractivity contribution in [1.29, 1.82) is 0 Å². The van der Waals surface area contributed by atoms with Crippen LogP contribution in [0.4, 0.5) is 26.3 Å². The van der Waals surface area contributed by atoms with Crippen molar-refractivity contribution in [3.63, 3.8) is 0 Å². The number of carbonyl (C=O) groups is 1. The van der Waals surface area contributed by atoms with Crippen LogP contribution >= 0.6 is 0 Å². The first-order valence-electron chi connectivity index (χ1n) is 11.6. The van der Waals surface area contributed by atoms with Gasteiger partial charge in [-0.25, -0.2) is 0 Å². The maximum Gasteiger partial charge on any atom is 0.433 e. The Kier molecular flexibility index (Phi) is 7.78. The lowest BCUT2D eigenvalue weighted by Gasteiger charge is -2.33. The first kappa shape index (κ1) is 27.6. The minimum atomic E-state index is -5.16. The van der Waals surface area contributed by atoms with E-state index in [4.69, 9.17) is 9.63 Å². The summed E-state index contributed by atoms with van der Waals surface area (Å²) in [6.07, 6.45) is -8.66. The summed E-state index contributed by atoms with van der Waals surface area (Å²) in [6, 6.07) is 6.21. The molecule has 0 aliphatic carbocycles. The number of alkyl halides is 6. The van der Waals surface area contributed by atoms with Gasteiger partial charge in [-0.05, 0) is 30.9 Å². The highest BCUT2D eigenvalue weighted by atomic mass is 19.4. The standard InChI is InChI=1S/C23H23F6N5O4/c24-22(25,26)12-34-19(23(27,28)29)16(9-30-34)21-31-20(32-38-21)15-5-3-14(4-6-15)17(35)11-33-7-1-2-13(10-33)8-18(36)37/h3-6,9,13,17,35H,1-2,7-8,10-12H2,(H,36,37)/t13-,17+/m1/s1. The van der Waals surface area contributed by atoms with Crippen LogP contribution in [0, 0.1) is 5.92 Å². The van der Waals surface area contributed by atoms with Crippen LogP contribution in [0.25, 0.3) is 22.8 Å². The summed E-state index contributed by atoms with van der Waals surface area (Å²) in [5.41, 5.74) is -1.56. The van der Waals surface area contributed by atoms with Gasteiger partial charge in [-0.1, -0.05) is 29.4 Å². The molecule has 2 N–H and O–H groups in total. The molecule has 0 unspecified atom stereocenters. The van der Waals surface area contributed by atoms with Gasteiger partial charge in [0.2, 0.25) is 5.82 Å². The van der Waals surface area contributed by atoms with E-state index in [1.54, 1.807) is 12.1 Å². The van der Waals surface area contributed by atoms with E-state index in [0.717, 1.165) is 19.4 Å². The van der Waals surface area contributed by atoms with E-state index in [0.29, 0.717) is 30.4 Å². The van der Waals surface area contributed by atoms with Gasteiger partial charge < -0.3 is 19.6 Å². The monoisotopic (exact) mass is 547 g/mol. The average Bonchev–Trinajstić information content (AvgIpc) is 3.45. The first-order valence-corrected chi connectivity index (χ1v) is 11.6. The molecule has 9 nitrogen and oxygen atoms in total. The molecule has 1 aliphatic heterocycles. The highest BCUT2D eigenvalue weighted by Gasteiger charge is 2.42. The van der Waals surface area contributed by atoms with Crippen molar-refractivity contribution in [2.24, 2.45) is 5.92 Å². The number of carboxylic acids is 1. The summed E-state index contributed by atoms with van der Waals surface area (Å²) >= 11 is 0. The number of benzene rings is 1. The van der Waals surface area contributed by atoms with Gasteiger partial charge in [0.15, 0.2) is 5.69 Å². The molecule has 1 aromatic carbocycles. The molecular weight excluding hydrogens is 524 g/mol. The van der Waals surface area contributed by atoms with Crippen LogP contribution in [0.5, 0.6) is 0 Å². The first-order chi connectivity index (χ1) is 17.8. The van der Waals surface area contributed by atoms with Gasteiger partial charge in [0.1, 0.15) is 6.54 Å². The van der Waals surface area contributed by atoms with E-state index < -0.39 is 48.1 Å². The Hall–Kier alpha value is -3.46. The second-order valence-electron chi connectivity index (χ2n) is 9.10. The minimum Gasteiger partial charge on any atom is -0.481 e. The summed E-state index contributed by atoms with van der Waals surface area (Å²) in [7, 11) is 0. The van der Waals surface area contributed by atoms with Gasteiger partial charge in [-0.3, -0.25) is 9.48 Å². The van der Waals surface area contributed by atoms with Gasteiger partial charge in [0, 0.05) is 25.1 Å². The Morgan fingerprint density at radius 3 is 2.50 bits per heavy atom. The molecule has 0 radical (unpaired) electrons. The third-order valence-corrected chi connectivity index (χ3v) is 6.14. The number of halogens is 6. The summed E-state index contributed by atoms with van der Waals surface area (Å²) < 4.78 is 83.4. The number of rotatable bonds is 8. The molecule has 0 bridgehead atoms. The van der Waals surface area contributed by atoms with Gasteiger partial charge in [0.05, 0.1) is 17.9 Å². The number of hydrogen-bond acceptors (Lipinski definition) is 7. The molecule has 4 rings (SSSR count). The Morgan fingerprint density at radius 1 is 1.16 bits per heavy atom. The van der Waals surface area contributed by atoms with Gasteiger partial charge in [-0.15, -0.1) is 0 Å². The van der Waals surface area contributed by atoms with E-state index in [1.807, 2.05) is 4.90 Å². The fraction of sp³-hybridized carbons (Fsp3) is 0.478. The van der Waals surface area contributed by atoms with Crippen LogP contribution < -0.4 is 0 Å². The number of carboxylic acid groups (broad SMARTS) is 1. The van der Waals surface area contributed by atoms with Crippen LogP contribution in [-0.4, -0.2) is 66.8 Å². The number of aliphatic hydroxyl groups excluding tert-OH is 1. The lowest BCUT2D eigenvalue weighted by atomic mass is 9.94. The van der Waals surface area contributed by atoms with E-state index >= 15 is 0 Å². The second-order valence-corrected chi connectivity index (χ2v) is 9.10. The van der Waals surface area contributed by atoms with Crippen LogP contribution in [0.2, 0.25) is 0 Å². The molecule has 15 heteroatoms. The van der Waals surface area contributed by atoms with Crippen LogP contribution in [0.15, 0.2) is 35.0 Å². The Morgan fingerprint density at radius 2 is 1.87 bits per heavy atom. The molecule has 2 aromatic heterocycles. The summed E-state index contributed by atoms with van der Waals surface area (Å²) in [5, 5.41) is 26.5. The fourth-order valence-electron chi connectivity index (χ4n) is 4.52. The molecule has 1 saturated heterocycles. The molecule has 0 saturated carbocycles. The highest BCUT2D eigenvalue weighted by Crippen LogP contribution is 2.38. The topological polar surface area (TPSA) is 118 Å². The molecule has 38 heavy (non-hydrogen) atoms. The maximum atomic E-state index is 13.5. The van der Waals surface area contributed by atoms with Crippen molar-refractivity contribution in [1.82, 2.24) is 24.8 Å². The normalized spacial score (nSPS) is 18.0. The Labute approximate surface area is 211 Å². The van der Waals surface area contributed by atoms with Crippen molar-refractivity contribution in [2.75, 3.05) is 19.6 Å². The van der Waals surface area contributed by atoms with Crippen LogP contribution in [0.3, 0.4) is 0 Å². The molecule has 3 heterocycles. The van der Waals surface area contributed by atoms with Crippen LogP contribution in [-0.2, 0) is 17.5 Å². The predicted molar refractivity (Wildman–Crippen MR) is 118 cm³/mol. The smallest absolute Gasteiger partial charge is 0.433 e. The molecule has 2 atom stereocenters. The molecule has 0 spiro atoms. The van der Waals surface area contributed by atoms with Crippen molar-refractivity contribution in [2.45, 2.75) is 44.3 Å². The van der Waals surface area contributed by atoms with Gasteiger partial charge >= 0.3 is 18.3 Å². The number of hydrogen-bond donors (Lipinski definition) is 2. The SMILES string of the molecule is O=C(O)C[C@H]1CCCN(C[C@H](O)c2ccc(-c3noc(-c4cnn(CC(F)(F)F)c4C(F)(F)F)n3)cc2)C1. The number of aliphatic carboxylic acids is 1. The van der Waals surface area contributed by atoms with E-state index in [9.17, 15) is 36.2 Å². The number of nitrogens with zero attached hydrogens (tertiary/aromatic N) is 5. The predicted octanol–water partition coefficient (Wildman–Crippen LogP) is 4.40. The number of likely N-dealkylation sites (tertiary alicyclic amines) is 1. The summed E-state index contributed by atoms with van der Waals surface area (Å²) in [4.78, 5) is 16.9. The van der Waals surface area contributed by atoms with Gasteiger partial charge in [-0.2, -0.15) is 36.4 Å². The number of aromatic nitrogens is 4.